The van der Waals surface area contributed by atoms with Crippen molar-refractivity contribution in [3.8, 4) is 0 Å². The first-order valence-corrected chi connectivity index (χ1v) is 11.5. The largest absolute Gasteiger partial charge is 0.383 e. The SMILES string of the molecule is CC(C)CN(C(=O)CN1Cc2ccccc2C[C@H]1C(N)=O)c1c(N)n(CC(C)C)c(=O)[nH]c1=O. The first-order valence-electron chi connectivity index (χ1n) is 11.5. The van der Waals surface area contributed by atoms with Crippen molar-refractivity contribution in [3.05, 3.63) is 56.2 Å². The molecule has 2 heterocycles. The molecule has 184 valence electrons. The number of primary amides is 1. The number of carbonyl (C=O) groups is 2. The second kappa shape index (κ2) is 10.3. The number of fused-ring (bicyclic) bond motifs is 1. The number of nitrogens with zero attached hydrogens (tertiary/aromatic N) is 3. The van der Waals surface area contributed by atoms with E-state index in [-0.39, 0.29) is 36.4 Å². The molecular weight excluding hydrogens is 436 g/mol. The summed E-state index contributed by atoms with van der Waals surface area (Å²) < 4.78 is 1.28. The second-order valence-corrected chi connectivity index (χ2v) is 9.69. The van der Waals surface area contributed by atoms with Gasteiger partial charge in [-0.25, -0.2) is 4.79 Å². The van der Waals surface area contributed by atoms with Gasteiger partial charge in [0.1, 0.15) is 5.82 Å². The molecule has 0 radical (unpaired) electrons. The van der Waals surface area contributed by atoms with Gasteiger partial charge in [0.2, 0.25) is 11.8 Å². The highest BCUT2D eigenvalue weighted by atomic mass is 16.2. The number of hydrogen-bond donors (Lipinski definition) is 3. The van der Waals surface area contributed by atoms with E-state index in [1.165, 1.54) is 9.47 Å². The Bertz CT molecular complexity index is 1180. The summed E-state index contributed by atoms with van der Waals surface area (Å²) in [4.78, 5) is 56.4. The molecule has 0 aliphatic carbocycles. The summed E-state index contributed by atoms with van der Waals surface area (Å²) in [5.74, 6) is -0.848. The van der Waals surface area contributed by atoms with Crippen LogP contribution in [0.4, 0.5) is 11.5 Å². The van der Waals surface area contributed by atoms with Crippen molar-refractivity contribution in [1.29, 1.82) is 0 Å². The topological polar surface area (TPSA) is 148 Å². The van der Waals surface area contributed by atoms with Gasteiger partial charge in [0, 0.05) is 19.6 Å². The van der Waals surface area contributed by atoms with Crippen LogP contribution in [0.25, 0.3) is 0 Å². The fourth-order valence-electron chi connectivity index (χ4n) is 4.35. The summed E-state index contributed by atoms with van der Waals surface area (Å²) in [5.41, 5.74) is 12.6. The number of aromatic amines is 1. The summed E-state index contributed by atoms with van der Waals surface area (Å²) in [6.45, 7) is 8.44. The van der Waals surface area contributed by atoms with E-state index in [2.05, 4.69) is 4.98 Å². The maximum atomic E-state index is 13.6. The van der Waals surface area contributed by atoms with E-state index in [4.69, 9.17) is 11.5 Å². The molecule has 2 aromatic rings. The summed E-state index contributed by atoms with van der Waals surface area (Å²) in [7, 11) is 0. The lowest BCUT2D eigenvalue weighted by atomic mass is 9.93. The minimum atomic E-state index is -0.716. The van der Waals surface area contributed by atoms with Crippen molar-refractivity contribution in [2.45, 2.75) is 53.2 Å². The summed E-state index contributed by atoms with van der Waals surface area (Å²) in [5, 5.41) is 0. The van der Waals surface area contributed by atoms with Crippen molar-refractivity contribution >= 4 is 23.3 Å². The molecule has 1 aliphatic heterocycles. The Morgan fingerprint density at radius 3 is 2.35 bits per heavy atom. The molecule has 0 unspecified atom stereocenters. The predicted molar refractivity (Wildman–Crippen MR) is 131 cm³/mol. The molecule has 0 saturated heterocycles. The first-order chi connectivity index (χ1) is 16.0. The van der Waals surface area contributed by atoms with Crippen LogP contribution in [0.3, 0.4) is 0 Å². The standard InChI is InChI=1S/C24H34N6O4/c1-14(2)10-29(20-21(25)30(11-15(3)4)24(34)27-23(20)33)19(31)13-28-12-17-8-6-5-7-16(17)9-18(28)22(26)32/h5-8,14-15,18H,9-13,25H2,1-4H3,(H2,26,32)(H,27,33,34)/t18-/m0/s1. The van der Waals surface area contributed by atoms with Crippen molar-refractivity contribution in [2.75, 3.05) is 23.7 Å². The number of hydrogen-bond acceptors (Lipinski definition) is 6. The molecule has 10 heteroatoms. The minimum Gasteiger partial charge on any atom is -0.383 e. The van der Waals surface area contributed by atoms with Crippen LogP contribution in [0.1, 0.15) is 38.8 Å². The highest BCUT2D eigenvalue weighted by Gasteiger charge is 2.34. The fraction of sp³-hybridized carbons (Fsp3) is 0.500. The maximum absolute atomic E-state index is 13.6. The van der Waals surface area contributed by atoms with Crippen molar-refractivity contribution in [3.63, 3.8) is 0 Å². The third kappa shape index (κ3) is 5.39. The van der Waals surface area contributed by atoms with Gasteiger partial charge in [-0.3, -0.25) is 28.8 Å². The average Bonchev–Trinajstić information content (AvgIpc) is 2.74. The van der Waals surface area contributed by atoms with Gasteiger partial charge in [-0.2, -0.15) is 0 Å². The Kier molecular flexibility index (Phi) is 7.61. The van der Waals surface area contributed by atoms with Crippen LogP contribution >= 0.6 is 0 Å². The molecule has 0 spiro atoms. The smallest absolute Gasteiger partial charge is 0.330 e. The van der Waals surface area contributed by atoms with Gasteiger partial charge in [0.15, 0.2) is 5.69 Å². The van der Waals surface area contributed by atoms with E-state index in [0.29, 0.717) is 19.5 Å². The number of benzene rings is 1. The Morgan fingerprint density at radius 2 is 1.76 bits per heavy atom. The van der Waals surface area contributed by atoms with E-state index in [0.717, 1.165) is 11.1 Å². The quantitative estimate of drug-likeness (QED) is 0.517. The Balaban J connectivity index is 1.99. The number of carbonyl (C=O) groups excluding carboxylic acids is 2. The molecule has 10 nitrogen and oxygen atoms in total. The second-order valence-electron chi connectivity index (χ2n) is 9.69. The number of H-pyrrole nitrogens is 1. The molecule has 1 aliphatic rings. The Hall–Kier alpha value is -3.40. The van der Waals surface area contributed by atoms with Gasteiger partial charge in [-0.1, -0.05) is 52.0 Å². The van der Waals surface area contributed by atoms with Crippen molar-refractivity contribution in [2.24, 2.45) is 17.6 Å². The molecule has 1 aromatic carbocycles. The summed E-state index contributed by atoms with van der Waals surface area (Å²) in [6.07, 6.45) is 0.408. The molecule has 0 fully saturated rings. The number of rotatable bonds is 8. The van der Waals surface area contributed by atoms with Crippen LogP contribution < -0.4 is 27.6 Å². The number of nitrogen functional groups attached to an aromatic ring is 1. The number of nitrogens with two attached hydrogens (primary N) is 2. The zero-order valence-corrected chi connectivity index (χ0v) is 20.2. The molecule has 1 aromatic heterocycles. The zero-order chi connectivity index (χ0) is 25.2. The summed E-state index contributed by atoms with van der Waals surface area (Å²) in [6, 6.07) is 7.08. The molecular formula is C24H34N6O4. The normalized spacial score (nSPS) is 16.0. The van der Waals surface area contributed by atoms with Crippen molar-refractivity contribution in [1.82, 2.24) is 14.5 Å². The zero-order valence-electron chi connectivity index (χ0n) is 20.2. The van der Waals surface area contributed by atoms with E-state index in [1.807, 2.05) is 52.0 Å². The van der Waals surface area contributed by atoms with Crippen LogP contribution in [-0.2, 0) is 29.1 Å². The Morgan fingerprint density at radius 1 is 1.12 bits per heavy atom. The summed E-state index contributed by atoms with van der Waals surface area (Å²) >= 11 is 0. The van der Waals surface area contributed by atoms with Crippen LogP contribution in [0.2, 0.25) is 0 Å². The highest BCUT2D eigenvalue weighted by molar-refractivity contribution is 5.97. The van der Waals surface area contributed by atoms with E-state index >= 15 is 0 Å². The third-order valence-electron chi connectivity index (χ3n) is 5.89. The molecule has 5 N–H and O–H groups in total. The minimum absolute atomic E-state index is 0.0160. The van der Waals surface area contributed by atoms with Gasteiger partial charge in [0.05, 0.1) is 12.6 Å². The molecule has 2 amide bonds. The maximum Gasteiger partial charge on any atom is 0.330 e. The predicted octanol–water partition coefficient (Wildman–Crippen LogP) is 0.676. The van der Waals surface area contributed by atoms with Gasteiger partial charge >= 0.3 is 5.69 Å². The van der Waals surface area contributed by atoms with Crippen LogP contribution in [0.5, 0.6) is 0 Å². The Labute approximate surface area is 198 Å². The average molecular weight is 471 g/mol. The molecule has 3 rings (SSSR count). The lowest BCUT2D eigenvalue weighted by molar-refractivity contribution is -0.126. The number of nitrogens with one attached hydrogen (secondary N) is 1. The highest BCUT2D eigenvalue weighted by Crippen LogP contribution is 2.25. The van der Waals surface area contributed by atoms with Gasteiger partial charge in [0.25, 0.3) is 5.56 Å². The van der Waals surface area contributed by atoms with Gasteiger partial charge in [-0.15, -0.1) is 0 Å². The van der Waals surface area contributed by atoms with Crippen LogP contribution in [0.15, 0.2) is 33.9 Å². The molecule has 0 bridgehead atoms. The monoisotopic (exact) mass is 470 g/mol. The van der Waals surface area contributed by atoms with E-state index in [1.54, 1.807) is 4.90 Å². The van der Waals surface area contributed by atoms with Gasteiger partial charge in [-0.05, 0) is 29.4 Å². The molecule has 34 heavy (non-hydrogen) atoms. The van der Waals surface area contributed by atoms with E-state index < -0.39 is 29.1 Å². The van der Waals surface area contributed by atoms with Crippen LogP contribution in [-0.4, -0.2) is 45.4 Å². The first kappa shape index (κ1) is 25.2. The fourth-order valence-corrected chi connectivity index (χ4v) is 4.35. The van der Waals surface area contributed by atoms with Gasteiger partial charge < -0.3 is 16.4 Å². The van der Waals surface area contributed by atoms with Crippen LogP contribution in [0, 0.1) is 11.8 Å². The molecule has 1 atom stereocenters. The van der Waals surface area contributed by atoms with Crippen molar-refractivity contribution < 1.29 is 9.59 Å². The van der Waals surface area contributed by atoms with E-state index in [9.17, 15) is 19.2 Å². The third-order valence-corrected chi connectivity index (χ3v) is 5.89. The molecule has 0 saturated carbocycles. The number of amides is 2. The number of aromatic nitrogens is 2. The number of anilines is 2. The lowest BCUT2D eigenvalue weighted by Gasteiger charge is -2.36. The lowest BCUT2D eigenvalue weighted by Crippen LogP contribution is -2.53.